The van der Waals surface area contributed by atoms with Crippen molar-refractivity contribution in [3.63, 3.8) is 0 Å². The predicted octanol–water partition coefficient (Wildman–Crippen LogP) is 3.13. The highest BCUT2D eigenvalue weighted by Crippen LogP contribution is 2.21. The van der Waals surface area contributed by atoms with Gasteiger partial charge in [-0.05, 0) is 36.5 Å². The summed E-state index contributed by atoms with van der Waals surface area (Å²) in [5.41, 5.74) is 7.50. The van der Waals surface area contributed by atoms with E-state index in [0.717, 1.165) is 18.1 Å². The molecule has 0 fully saturated rings. The van der Waals surface area contributed by atoms with E-state index in [9.17, 15) is 0 Å². The number of benzene rings is 2. The zero-order valence-corrected chi connectivity index (χ0v) is 12.5. The summed E-state index contributed by atoms with van der Waals surface area (Å²) in [5.74, 6) is 2.11. The lowest BCUT2D eigenvalue weighted by molar-refractivity contribution is 0.437. The van der Waals surface area contributed by atoms with Gasteiger partial charge in [0.2, 0.25) is 0 Å². The van der Waals surface area contributed by atoms with Crippen LogP contribution in [0.25, 0.3) is 10.8 Å². The first-order valence-electron chi connectivity index (χ1n) is 6.63. The van der Waals surface area contributed by atoms with E-state index in [1.54, 1.807) is 0 Å². The maximum Gasteiger partial charge on any atom is 0.0387 e. The van der Waals surface area contributed by atoms with Gasteiger partial charge in [-0.25, -0.2) is 0 Å². The molecule has 0 saturated carbocycles. The number of nitrogens with two attached hydrogens (primary N) is 1. The predicted molar refractivity (Wildman–Crippen MR) is 86.8 cm³/mol. The molecule has 2 aromatic rings. The van der Waals surface area contributed by atoms with E-state index in [4.69, 9.17) is 5.73 Å². The van der Waals surface area contributed by atoms with E-state index < -0.39 is 0 Å². The van der Waals surface area contributed by atoms with E-state index in [-0.39, 0.29) is 6.04 Å². The van der Waals surface area contributed by atoms with Gasteiger partial charge in [0.25, 0.3) is 0 Å². The second kappa shape index (κ2) is 6.94. The van der Waals surface area contributed by atoms with Crippen LogP contribution in [0.1, 0.15) is 11.6 Å². The van der Waals surface area contributed by atoms with Crippen molar-refractivity contribution in [1.82, 2.24) is 4.90 Å². The third kappa shape index (κ3) is 4.23. The van der Waals surface area contributed by atoms with Gasteiger partial charge >= 0.3 is 0 Å². The van der Waals surface area contributed by atoms with Crippen LogP contribution in [0, 0.1) is 0 Å². The lowest BCUT2D eigenvalue weighted by atomic mass is 10.0. The number of hydrogen-bond donors (Lipinski definition) is 1. The fourth-order valence-electron chi connectivity index (χ4n) is 1.99. The summed E-state index contributed by atoms with van der Waals surface area (Å²) < 4.78 is 0. The lowest BCUT2D eigenvalue weighted by Crippen LogP contribution is -2.17. The van der Waals surface area contributed by atoms with Gasteiger partial charge in [-0.15, -0.1) is 0 Å². The van der Waals surface area contributed by atoms with Crippen LogP contribution in [-0.2, 0) is 0 Å². The largest absolute Gasteiger partial charge is 0.323 e. The first kappa shape index (κ1) is 14.4. The topological polar surface area (TPSA) is 29.3 Å². The van der Waals surface area contributed by atoms with Crippen LogP contribution < -0.4 is 5.73 Å². The molecule has 102 valence electrons. The normalized spacial score (nSPS) is 13.1. The number of rotatable bonds is 6. The van der Waals surface area contributed by atoms with Crippen molar-refractivity contribution in [2.45, 2.75) is 6.04 Å². The number of thioether (sulfide) groups is 1. The van der Waals surface area contributed by atoms with Gasteiger partial charge in [-0.1, -0.05) is 36.4 Å². The molecule has 2 aromatic carbocycles. The minimum absolute atomic E-state index is 0.122. The Hall–Kier alpha value is -1.03. The molecule has 0 heterocycles. The van der Waals surface area contributed by atoms with Crippen molar-refractivity contribution in [2.75, 3.05) is 32.1 Å². The Morgan fingerprint density at radius 1 is 1.11 bits per heavy atom. The van der Waals surface area contributed by atoms with E-state index in [0.29, 0.717) is 0 Å². The first-order valence-corrected chi connectivity index (χ1v) is 7.79. The van der Waals surface area contributed by atoms with Gasteiger partial charge in [-0.3, -0.25) is 0 Å². The number of nitrogens with zero attached hydrogens (tertiary/aromatic N) is 1. The SMILES string of the molecule is CN(C)CCSCC(N)c1ccc2ccccc2c1. The van der Waals surface area contributed by atoms with Crippen molar-refractivity contribution < 1.29 is 0 Å². The average molecular weight is 274 g/mol. The summed E-state index contributed by atoms with van der Waals surface area (Å²) in [6.07, 6.45) is 0. The quantitative estimate of drug-likeness (QED) is 0.821. The Balaban J connectivity index is 1.95. The molecule has 1 unspecified atom stereocenters. The first-order chi connectivity index (χ1) is 9.16. The fourth-order valence-corrected chi connectivity index (χ4v) is 3.10. The summed E-state index contributed by atoms with van der Waals surface area (Å²) >= 11 is 1.92. The smallest absolute Gasteiger partial charge is 0.0387 e. The summed E-state index contributed by atoms with van der Waals surface area (Å²) in [5, 5.41) is 2.55. The van der Waals surface area contributed by atoms with Crippen LogP contribution in [0.15, 0.2) is 42.5 Å². The highest BCUT2D eigenvalue weighted by Gasteiger charge is 2.06. The summed E-state index contributed by atoms with van der Waals surface area (Å²) in [4.78, 5) is 2.20. The molecule has 2 nitrogen and oxygen atoms in total. The molecule has 3 heteroatoms. The minimum atomic E-state index is 0.122. The average Bonchev–Trinajstić information content (AvgIpc) is 2.42. The molecule has 0 bridgehead atoms. The van der Waals surface area contributed by atoms with E-state index in [1.807, 2.05) is 11.8 Å². The highest BCUT2D eigenvalue weighted by molar-refractivity contribution is 7.99. The van der Waals surface area contributed by atoms with Crippen molar-refractivity contribution >= 4 is 22.5 Å². The van der Waals surface area contributed by atoms with Gasteiger partial charge in [0, 0.05) is 24.1 Å². The molecule has 0 aromatic heterocycles. The molecule has 0 aliphatic carbocycles. The minimum Gasteiger partial charge on any atom is -0.323 e. The fraction of sp³-hybridized carbons (Fsp3) is 0.375. The van der Waals surface area contributed by atoms with Gasteiger partial charge < -0.3 is 10.6 Å². The Labute approximate surface area is 120 Å². The Morgan fingerprint density at radius 3 is 2.58 bits per heavy atom. The van der Waals surface area contributed by atoms with Gasteiger partial charge in [0.1, 0.15) is 0 Å². The second-order valence-electron chi connectivity index (χ2n) is 5.09. The lowest BCUT2D eigenvalue weighted by Gasteiger charge is -2.14. The summed E-state index contributed by atoms with van der Waals surface area (Å²) in [6.45, 7) is 1.11. The monoisotopic (exact) mass is 274 g/mol. The van der Waals surface area contributed by atoms with Gasteiger partial charge in [-0.2, -0.15) is 11.8 Å². The molecule has 0 amide bonds. The summed E-state index contributed by atoms with van der Waals surface area (Å²) in [7, 11) is 4.20. The Bertz CT molecular complexity index is 525. The Kier molecular flexibility index (Phi) is 5.25. The van der Waals surface area contributed by atoms with Crippen LogP contribution in [-0.4, -0.2) is 37.0 Å². The maximum atomic E-state index is 6.27. The molecular formula is C16H22N2S. The Morgan fingerprint density at radius 2 is 1.84 bits per heavy atom. The van der Waals surface area contributed by atoms with Crippen molar-refractivity contribution in [3.8, 4) is 0 Å². The molecule has 0 aliphatic rings. The molecule has 2 rings (SSSR count). The number of fused-ring (bicyclic) bond motifs is 1. The molecule has 19 heavy (non-hydrogen) atoms. The third-order valence-electron chi connectivity index (χ3n) is 3.18. The molecule has 1 atom stereocenters. The van der Waals surface area contributed by atoms with E-state index in [1.165, 1.54) is 16.3 Å². The zero-order chi connectivity index (χ0) is 13.7. The molecule has 0 saturated heterocycles. The van der Waals surface area contributed by atoms with E-state index >= 15 is 0 Å². The van der Waals surface area contributed by atoms with Crippen molar-refractivity contribution in [1.29, 1.82) is 0 Å². The maximum absolute atomic E-state index is 6.27. The van der Waals surface area contributed by atoms with Crippen LogP contribution in [0.4, 0.5) is 0 Å². The van der Waals surface area contributed by atoms with Crippen LogP contribution >= 0.6 is 11.8 Å². The zero-order valence-electron chi connectivity index (χ0n) is 11.7. The second-order valence-corrected chi connectivity index (χ2v) is 6.24. The molecule has 0 aliphatic heterocycles. The summed E-state index contributed by atoms with van der Waals surface area (Å²) in [6, 6.07) is 15.1. The standard InChI is InChI=1S/C16H22N2S/c1-18(2)9-10-19-12-16(17)15-8-7-13-5-3-4-6-14(13)11-15/h3-8,11,16H,9-10,12,17H2,1-2H3. The van der Waals surface area contributed by atoms with Crippen LogP contribution in [0.2, 0.25) is 0 Å². The van der Waals surface area contributed by atoms with Crippen LogP contribution in [0.5, 0.6) is 0 Å². The van der Waals surface area contributed by atoms with E-state index in [2.05, 4.69) is 61.5 Å². The number of hydrogen-bond acceptors (Lipinski definition) is 3. The van der Waals surface area contributed by atoms with Gasteiger partial charge in [0.05, 0.1) is 0 Å². The van der Waals surface area contributed by atoms with Crippen LogP contribution in [0.3, 0.4) is 0 Å². The van der Waals surface area contributed by atoms with Crippen molar-refractivity contribution in [3.05, 3.63) is 48.0 Å². The highest BCUT2D eigenvalue weighted by atomic mass is 32.2. The molecule has 2 N–H and O–H groups in total. The molecule has 0 radical (unpaired) electrons. The molecular weight excluding hydrogens is 252 g/mol. The third-order valence-corrected chi connectivity index (χ3v) is 4.25. The molecule has 0 spiro atoms. The van der Waals surface area contributed by atoms with Gasteiger partial charge in [0.15, 0.2) is 0 Å². The van der Waals surface area contributed by atoms with Crippen molar-refractivity contribution in [2.24, 2.45) is 5.73 Å².